The summed E-state index contributed by atoms with van der Waals surface area (Å²) in [6.07, 6.45) is 3.09. The van der Waals surface area contributed by atoms with Gasteiger partial charge in [-0.2, -0.15) is 0 Å². The van der Waals surface area contributed by atoms with E-state index in [9.17, 15) is 13.2 Å². The lowest BCUT2D eigenvalue weighted by atomic mass is 10.1. The van der Waals surface area contributed by atoms with Gasteiger partial charge in [0.1, 0.15) is 6.54 Å². The Hall–Kier alpha value is -1.94. The zero-order valence-electron chi connectivity index (χ0n) is 12.4. The molecule has 0 aliphatic heterocycles. The lowest BCUT2D eigenvalue weighted by Crippen LogP contribution is -2.29. The second-order valence-electron chi connectivity index (χ2n) is 4.90. The van der Waals surface area contributed by atoms with Crippen LogP contribution in [0.4, 0.5) is 5.82 Å². The van der Waals surface area contributed by atoms with Gasteiger partial charge < -0.3 is 5.32 Å². The third kappa shape index (κ3) is 6.37. The third-order valence-electron chi connectivity index (χ3n) is 2.78. The highest BCUT2D eigenvalue weighted by molar-refractivity contribution is 9.10. The van der Waals surface area contributed by atoms with Crippen molar-refractivity contribution in [1.82, 2.24) is 20.3 Å². The van der Waals surface area contributed by atoms with Gasteiger partial charge in [-0.25, -0.2) is 13.1 Å². The summed E-state index contributed by atoms with van der Waals surface area (Å²) in [6.45, 7) is 0.475. The van der Waals surface area contributed by atoms with E-state index >= 15 is 0 Å². The van der Waals surface area contributed by atoms with Crippen LogP contribution >= 0.6 is 15.9 Å². The number of nitrogens with one attached hydrogen (secondary N) is 2. The number of anilines is 1. The number of aromatic nitrogens is 3. The van der Waals surface area contributed by atoms with Crippen LogP contribution in [0.1, 0.15) is 5.56 Å². The Morgan fingerprint density at radius 3 is 2.65 bits per heavy atom. The van der Waals surface area contributed by atoms with E-state index in [1.165, 1.54) is 10.9 Å². The van der Waals surface area contributed by atoms with Crippen molar-refractivity contribution in [2.45, 2.75) is 13.0 Å². The Kier molecular flexibility index (Phi) is 5.72. The van der Waals surface area contributed by atoms with Gasteiger partial charge in [-0.05, 0) is 24.1 Å². The normalized spacial score (nSPS) is 11.2. The van der Waals surface area contributed by atoms with Gasteiger partial charge in [0.05, 0.1) is 12.5 Å². The Bertz CT molecular complexity index is 773. The van der Waals surface area contributed by atoms with Gasteiger partial charge in [-0.3, -0.25) is 9.52 Å². The molecular weight excluding hydrogens is 386 g/mol. The van der Waals surface area contributed by atoms with E-state index in [0.29, 0.717) is 6.54 Å². The molecule has 0 fully saturated rings. The van der Waals surface area contributed by atoms with Crippen molar-refractivity contribution in [2.24, 2.45) is 0 Å². The number of halogens is 1. The van der Waals surface area contributed by atoms with Gasteiger partial charge in [0.15, 0.2) is 5.82 Å². The first-order valence-corrected chi connectivity index (χ1v) is 9.39. The quantitative estimate of drug-likeness (QED) is 0.712. The van der Waals surface area contributed by atoms with E-state index in [2.05, 4.69) is 36.3 Å². The SMILES string of the molecule is CS(=O)(=O)Nc1cn(CC(=O)NCCc2ccc(Br)cc2)nn1. The molecule has 8 nitrogen and oxygen atoms in total. The number of benzene rings is 1. The van der Waals surface area contributed by atoms with Gasteiger partial charge in [0.25, 0.3) is 0 Å². The van der Waals surface area contributed by atoms with E-state index in [1.54, 1.807) is 0 Å². The van der Waals surface area contributed by atoms with Crippen LogP contribution in [0.5, 0.6) is 0 Å². The number of hydrogen-bond acceptors (Lipinski definition) is 5. The maximum absolute atomic E-state index is 11.8. The molecule has 0 aliphatic carbocycles. The summed E-state index contributed by atoms with van der Waals surface area (Å²) in [5, 5.41) is 10.1. The molecule has 0 saturated heterocycles. The lowest BCUT2D eigenvalue weighted by Gasteiger charge is -2.05. The summed E-state index contributed by atoms with van der Waals surface area (Å²) in [5.74, 6) is -0.145. The molecule has 1 heterocycles. The molecule has 1 aromatic carbocycles. The molecule has 0 radical (unpaired) electrons. The van der Waals surface area contributed by atoms with Crippen molar-refractivity contribution in [2.75, 3.05) is 17.5 Å². The molecular formula is C13H16BrN5O3S. The van der Waals surface area contributed by atoms with Gasteiger partial charge in [-0.15, -0.1) is 5.10 Å². The van der Waals surface area contributed by atoms with E-state index in [0.717, 1.165) is 22.7 Å². The van der Waals surface area contributed by atoms with Gasteiger partial charge in [0, 0.05) is 11.0 Å². The minimum absolute atomic E-state index is 0.0290. The molecule has 1 amide bonds. The van der Waals surface area contributed by atoms with Crippen LogP contribution in [0.3, 0.4) is 0 Å². The summed E-state index contributed by atoms with van der Waals surface area (Å²) < 4.78 is 26.6. The zero-order chi connectivity index (χ0) is 16.9. The topological polar surface area (TPSA) is 106 Å². The van der Waals surface area contributed by atoms with Crippen LogP contribution in [-0.2, 0) is 27.8 Å². The van der Waals surface area contributed by atoms with Gasteiger partial charge >= 0.3 is 0 Å². The summed E-state index contributed by atoms with van der Waals surface area (Å²) >= 11 is 3.37. The van der Waals surface area contributed by atoms with Crippen molar-refractivity contribution in [3.8, 4) is 0 Å². The number of nitrogens with zero attached hydrogens (tertiary/aromatic N) is 3. The fraction of sp³-hybridized carbons (Fsp3) is 0.308. The van der Waals surface area contributed by atoms with Crippen molar-refractivity contribution in [3.05, 3.63) is 40.5 Å². The first-order chi connectivity index (χ1) is 10.8. The number of rotatable bonds is 7. The second kappa shape index (κ2) is 7.55. The third-order valence-corrected chi connectivity index (χ3v) is 3.89. The maximum atomic E-state index is 11.8. The van der Waals surface area contributed by atoms with E-state index in [4.69, 9.17) is 0 Å². The first-order valence-electron chi connectivity index (χ1n) is 6.71. The summed E-state index contributed by atoms with van der Waals surface area (Å²) in [6, 6.07) is 7.86. The van der Waals surface area contributed by atoms with E-state index < -0.39 is 10.0 Å². The van der Waals surface area contributed by atoms with Gasteiger partial charge in [0.2, 0.25) is 15.9 Å². The minimum Gasteiger partial charge on any atom is -0.354 e. The van der Waals surface area contributed by atoms with Crippen LogP contribution in [0.15, 0.2) is 34.9 Å². The number of hydrogen-bond donors (Lipinski definition) is 2. The molecule has 0 bridgehead atoms. The van der Waals surface area contributed by atoms with Crippen molar-refractivity contribution < 1.29 is 13.2 Å². The fourth-order valence-electron chi connectivity index (χ4n) is 1.81. The van der Waals surface area contributed by atoms with E-state index in [1.807, 2.05) is 24.3 Å². The standard InChI is InChI=1S/C13H16BrN5O3S/c1-23(21,22)17-12-8-19(18-16-12)9-13(20)15-7-6-10-2-4-11(14)5-3-10/h2-5,8,17H,6-7,9H2,1H3,(H,15,20). The first kappa shape index (κ1) is 17.4. The molecule has 0 saturated carbocycles. The molecule has 23 heavy (non-hydrogen) atoms. The van der Waals surface area contributed by atoms with Crippen LogP contribution in [0.2, 0.25) is 0 Å². The maximum Gasteiger partial charge on any atom is 0.241 e. The van der Waals surface area contributed by atoms with Crippen molar-refractivity contribution in [1.29, 1.82) is 0 Å². The average molecular weight is 402 g/mol. The molecule has 1 aromatic heterocycles. The summed E-state index contributed by atoms with van der Waals surface area (Å²) in [7, 11) is -3.41. The largest absolute Gasteiger partial charge is 0.354 e. The van der Waals surface area contributed by atoms with Crippen LogP contribution in [0.25, 0.3) is 0 Å². The molecule has 0 unspecified atom stereocenters. The van der Waals surface area contributed by atoms with E-state index in [-0.39, 0.29) is 18.3 Å². The molecule has 10 heteroatoms. The molecule has 2 aromatic rings. The predicted molar refractivity (Wildman–Crippen MR) is 89.3 cm³/mol. The summed E-state index contributed by atoms with van der Waals surface area (Å²) in [5.41, 5.74) is 1.12. The Balaban J connectivity index is 1.77. The van der Waals surface area contributed by atoms with Crippen LogP contribution in [0, 0.1) is 0 Å². The monoisotopic (exact) mass is 401 g/mol. The molecule has 0 spiro atoms. The molecule has 0 atom stereocenters. The van der Waals surface area contributed by atoms with Crippen LogP contribution in [-0.4, -0.2) is 42.1 Å². The smallest absolute Gasteiger partial charge is 0.241 e. The Morgan fingerprint density at radius 1 is 1.30 bits per heavy atom. The Labute approximate surface area is 142 Å². The Morgan fingerprint density at radius 2 is 2.00 bits per heavy atom. The zero-order valence-corrected chi connectivity index (χ0v) is 14.8. The highest BCUT2D eigenvalue weighted by Gasteiger charge is 2.08. The highest BCUT2D eigenvalue weighted by Crippen LogP contribution is 2.10. The minimum atomic E-state index is -3.41. The number of carbonyl (C=O) groups is 1. The average Bonchev–Trinajstić information content (AvgIpc) is 2.86. The number of amides is 1. The number of carbonyl (C=O) groups excluding carboxylic acids is 1. The van der Waals surface area contributed by atoms with Gasteiger partial charge in [-0.1, -0.05) is 33.3 Å². The molecule has 0 aliphatic rings. The molecule has 124 valence electrons. The fourth-order valence-corrected chi connectivity index (χ4v) is 2.55. The molecule has 2 N–H and O–H groups in total. The second-order valence-corrected chi connectivity index (χ2v) is 7.57. The van der Waals surface area contributed by atoms with Crippen molar-refractivity contribution >= 4 is 37.7 Å². The predicted octanol–water partition coefficient (Wildman–Crippen LogP) is 0.771. The van der Waals surface area contributed by atoms with Crippen molar-refractivity contribution in [3.63, 3.8) is 0 Å². The molecule has 2 rings (SSSR count). The summed E-state index contributed by atoms with van der Waals surface area (Å²) in [4.78, 5) is 11.8. The number of sulfonamides is 1. The highest BCUT2D eigenvalue weighted by atomic mass is 79.9. The van der Waals surface area contributed by atoms with Crippen LogP contribution < -0.4 is 10.0 Å². The lowest BCUT2D eigenvalue weighted by molar-refractivity contribution is -0.121.